The van der Waals surface area contributed by atoms with Crippen LogP contribution in [-0.2, 0) is 17.9 Å². The highest BCUT2D eigenvalue weighted by molar-refractivity contribution is 6.34. The van der Waals surface area contributed by atoms with Gasteiger partial charge in [0.25, 0.3) is 0 Å². The number of aromatic nitrogens is 2. The second-order valence-electron chi connectivity index (χ2n) is 9.65. The van der Waals surface area contributed by atoms with Gasteiger partial charge in [-0.05, 0) is 41.8 Å². The molecule has 0 radical (unpaired) electrons. The van der Waals surface area contributed by atoms with E-state index in [4.69, 9.17) is 28.2 Å². The summed E-state index contributed by atoms with van der Waals surface area (Å²) in [6.45, 7) is 8.85. The summed E-state index contributed by atoms with van der Waals surface area (Å²) in [4.78, 5) is 18.9. The molecule has 4 aromatic rings. The van der Waals surface area contributed by atoms with Crippen LogP contribution >= 0.6 is 23.2 Å². The molecule has 1 aliphatic heterocycles. The van der Waals surface area contributed by atoms with E-state index in [9.17, 15) is 14.3 Å². The van der Waals surface area contributed by atoms with Gasteiger partial charge >= 0.3 is 0 Å². The fourth-order valence-electron chi connectivity index (χ4n) is 5.07. The molecule has 0 atom stereocenters. The third-order valence-corrected chi connectivity index (χ3v) is 7.53. The number of rotatable bonds is 5. The predicted octanol–water partition coefficient (Wildman–Crippen LogP) is 7.83. The SMILES string of the molecule is C=CC(=O)N1CCn2c(nc(-c3ccccc3C(C)C)c2-c2cc(F)c(-c3c(O)ccc(Cl)c3F)c(Cl)c2)C1. The van der Waals surface area contributed by atoms with Gasteiger partial charge in [-0.3, -0.25) is 4.79 Å². The van der Waals surface area contributed by atoms with Gasteiger partial charge < -0.3 is 14.6 Å². The Labute approximate surface area is 234 Å². The summed E-state index contributed by atoms with van der Waals surface area (Å²) >= 11 is 12.5. The Bertz CT molecular complexity index is 1610. The molecule has 0 fully saturated rings. The van der Waals surface area contributed by atoms with Crippen LogP contribution in [0.2, 0.25) is 10.0 Å². The first-order chi connectivity index (χ1) is 18.6. The van der Waals surface area contributed by atoms with Crippen LogP contribution in [0.5, 0.6) is 5.75 Å². The largest absolute Gasteiger partial charge is 0.507 e. The number of phenolic OH excluding ortho intramolecular Hbond substituents is 1. The Morgan fingerprint density at radius 1 is 1.08 bits per heavy atom. The van der Waals surface area contributed by atoms with Crippen LogP contribution in [0.25, 0.3) is 33.6 Å². The van der Waals surface area contributed by atoms with E-state index in [1.807, 2.05) is 28.8 Å². The summed E-state index contributed by atoms with van der Waals surface area (Å²) in [5, 5.41) is 9.95. The molecular weight excluding hydrogens is 543 g/mol. The van der Waals surface area contributed by atoms with Gasteiger partial charge in [0, 0.05) is 29.8 Å². The van der Waals surface area contributed by atoms with E-state index in [0.717, 1.165) is 11.1 Å². The first-order valence-corrected chi connectivity index (χ1v) is 13.1. The summed E-state index contributed by atoms with van der Waals surface area (Å²) in [5.74, 6) is -1.65. The minimum absolute atomic E-state index is 0.0978. The number of hydrogen-bond acceptors (Lipinski definition) is 3. The van der Waals surface area contributed by atoms with E-state index < -0.39 is 22.9 Å². The lowest BCUT2D eigenvalue weighted by atomic mass is 9.93. The van der Waals surface area contributed by atoms with Gasteiger partial charge in [0.15, 0.2) is 5.82 Å². The molecule has 5 nitrogen and oxygen atoms in total. The van der Waals surface area contributed by atoms with Crippen LogP contribution < -0.4 is 0 Å². The van der Waals surface area contributed by atoms with Crippen molar-refractivity contribution >= 4 is 29.1 Å². The summed E-state index contributed by atoms with van der Waals surface area (Å²) < 4.78 is 32.6. The number of hydrogen-bond donors (Lipinski definition) is 1. The van der Waals surface area contributed by atoms with Crippen molar-refractivity contribution in [1.29, 1.82) is 0 Å². The number of aromatic hydroxyl groups is 1. The molecule has 1 amide bonds. The second kappa shape index (κ2) is 10.5. The molecule has 1 aromatic heterocycles. The lowest BCUT2D eigenvalue weighted by Crippen LogP contribution is -2.37. The van der Waals surface area contributed by atoms with Gasteiger partial charge in [0.2, 0.25) is 5.91 Å². The van der Waals surface area contributed by atoms with Crippen molar-refractivity contribution in [2.75, 3.05) is 6.54 Å². The minimum Gasteiger partial charge on any atom is -0.507 e. The smallest absolute Gasteiger partial charge is 0.246 e. The van der Waals surface area contributed by atoms with Crippen molar-refractivity contribution in [3.05, 3.63) is 94.3 Å². The lowest BCUT2D eigenvalue weighted by Gasteiger charge is -2.27. The van der Waals surface area contributed by atoms with Crippen LogP contribution in [0.15, 0.2) is 61.2 Å². The minimum atomic E-state index is -0.967. The van der Waals surface area contributed by atoms with Crippen molar-refractivity contribution in [2.45, 2.75) is 32.9 Å². The van der Waals surface area contributed by atoms with E-state index in [-0.39, 0.29) is 34.0 Å². The summed E-state index contributed by atoms with van der Waals surface area (Å²) in [5.41, 5.74) is 2.93. The molecule has 0 saturated carbocycles. The zero-order chi connectivity index (χ0) is 28.0. The molecule has 0 unspecified atom stereocenters. The normalized spacial score (nSPS) is 13.1. The number of fused-ring (bicyclic) bond motifs is 1. The Kier molecular flexibility index (Phi) is 7.23. The number of benzene rings is 3. The van der Waals surface area contributed by atoms with E-state index >= 15 is 4.39 Å². The molecule has 0 aliphatic carbocycles. The number of phenols is 1. The fourth-order valence-corrected chi connectivity index (χ4v) is 5.53. The quantitative estimate of drug-likeness (QED) is 0.250. The van der Waals surface area contributed by atoms with Crippen LogP contribution in [0.3, 0.4) is 0 Å². The van der Waals surface area contributed by atoms with Gasteiger partial charge in [-0.25, -0.2) is 13.8 Å². The van der Waals surface area contributed by atoms with Gasteiger partial charge in [-0.2, -0.15) is 0 Å². The number of imidazole rings is 1. The maximum atomic E-state index is 15.8. The third-order valence-electron chi connectivity index (χ3n) is 6.94. The van der Waals surface area contributed by atoms with E-state index in [1.54, 1.807) is 4.90 Å². The van der Waals surface area contributed by atoms with Crippen LogP contribution in [0.1, 0.15) is 31.2 Å². The van der Waals surface area contributed by atoms with Gasteiger partial charge in [-0.1, -0.05) is 67.9 Å². The number of halogens is 4. The van der Waals surface area contributed by atoms with E-state index in [0.29, 0.717) is 35.9 Å². The molecule has 0 spiro atoms. The average Bonchev–Trinajstić information content (AvgIpc) is 3.30. The number of carbonyl (C=O) groups is 1. The summed E-state index contributed by atoms with van der Waals surface area (Å²) in [6, 6.07) is 13.0. The zero-order valence-corrected chi connectivity index (χ0v) is 22.8. The predicted molar refractivity (Wildman–Crippen MR) is 150 cm³/mol. The highest BCUT2D eigenvalue weighted by atomic mass is 35.5. The first-order valence-electron chi connectivity index (χ1n) is 12.4. The molecule has 1 N–H and O–H groups in total. The fraction of sp³-hybridized carbons (Fsp3) is 0.200. The molecule has 39 heavy (non-hydrogen) atoms. The van der Waals surface area contributed by atoms with Gasteiger partial charge in [0.1, 0.15) is 17.4 Å². The second-order valence-corrected chi connectivity index (χ2v) is 10.5. The van der Waals surface area contributed by atoms with Gasteiger partial charge in [-0.15, -0.1) is 0 Å². The standard InChI is InChI=1S/C30H25Cl2F2N3O2/c1-4-25(39)36-11-12-37-24(15-36)35-29(19-8-6-5-7-18(19)16(2)3)30(37)17-13-21(32)26(22(33)14-17)27-23(38)10-9-20(31)28(27)34/h4-10,13-14,16,38H,1,11-12,15H2,2-3H3. The highest BCUT2D eigenvalue weighted by Crippen LogP contribution is 2.44. The Morgan fingerprint density at radius 2 is 1.82 bits per heavy atom. The monoisotopic (exact) mass is 567 g/mol. The Morgan fingerprint density at radius 3 is 2.51 bits per heavy atom. The van der Waals surface area contributed by atoms with E-state index in [2.05, 4.69) is 20.4 Å². The molecule has 2 heterocycles. The van der Waals surface area contributed by atoms with Crippen molar-refractivity contribution < 1.29 is 18.7 Å². The number of nitrogens with zero attached hydrogens (tertiary/aromatic N) is 3. The molecule has 3 aromatic carbocycles. The first kappa shape index (κ1) is 26.9. The van der Waals surface area contributed by atoms with Crippen molar-refractivity contribution in [2.24, 2.45) is 0 Å². The van der Waals surface area contributed by atoms with Crippen LogP contribution in [0.4, 0.5) is 8.78 Å². The molecule has 9 heteroatoms. The summed E-state index contributed by atoms with van der Waals surface area (Å²) in [6.07, 6.45) is 1.27. The maximum Gasteiger partial charge on any atom is 0.246 e. The molecule has 5 rings (SSSR count). The molecular formula is C30H25Cl2F2N3O2. The van der Waals surface area contributed by atoms with Crippen LogP contribution in [-0.4, -0.2) is 32.0 Å². The lowest BCUT2D eigenvalue weighted by molar-refractivity contribution is -0.127. The topological polar surface area (TPSA) is 58.4 Å². The van der Waals surface area contributed by atoms with Crippen molar-refractivity contribution in [3.8, 4) is 39.4 Å². The maximum absolute atomic E-state index is 15.8. The zero-order valence-electron chi connectivity index (χ0n) is 21.3. The number of carbonyl (C=O) groups excluding carboxylic acids is 1. The molecule has 200 valence electrons. The third kappa shape index (κ3) is 4.70. The summed E-state index contributed by atoms with van der Waals surface area (Å²) in [7, 11) is 0. The Balaban J connectivity index is 1.74. The van der Waals surface area contributed by atoms with E-state index in [1.165, 1.54) is 30.3 Å². The van der Waals surface area contributed by atoms with Gasteiger partial charge in [0.05, 0.1) is 33.5 Å². The molecule has 0 saturated heterocycles. The van der Waals surface area contributed by atoms with Crippen molar-refractivity contribution in [1.82, 2.24) is 14.5 Å². The molecule has 1 aliphatic rings. The Hall–Kier alpha value is -3.68. The van der Waals surface area contributed by atoms with Crippen LogP contribution in [0, 0.1) is 11.6 Å². The number of amides is 1. The molecule has 0 bridgehead atoms. The van der Waals surface area contributed by atoms with Crippen molar-refractivity contribution in [3.63, 3.8) is 0 Å². The average molecular weight is 568 g/mol. The highest BCUT2D eigenvalue weighted by Gasteiger charge is 2.29.